The molecule has 1 N–H and O–H groups in total. The molecular weight excluding hydrogens is 268 g/mol. The third kappa shape index (κ3) is 2.47. The number of rotatable bonds is 2. The molecule has 20 heavy (non-hydrogen) atoms. The Morgan fingerprint density at radius 1 is 1.25 bits per heavy atom. The molecule has 0 aromatic carbocycles. The molecule has 3 atom stereocenters. The van der Waals surface area contributed by atoms with Crippen LogP contribution in [-0.4, -0.2) is 49.2 Å². The van der Waals surface area contributed by atoms with Gasteiger partial charge < -0.3 is 10.2 Å². The van der Waals surface area contributed by atoms with E-state index < -0.39 is 0 Å². The Labute approximate surface area is 126 Å². The summed E-state index contributed by atoms with van der Waals surface area (Å²) in [6.45, 7) is 6.81. The van der Waals surface area contributed by atoms with E-state index in [1.807, 2.05) is 11.3 Å². The number of anilines is 1. The summed E-state index contributed by atoms with van der Waals surface area (Å²) in [5.41, 5.74) is 1.32. The minimum Gasteiger partial charge on any atom is -0.345 e. The first-order valence-corrected chi connectivity index (χ1v) is 8.55. The van der Waals surface area contributed by atoms with Gasteiger partial charge in [0.25, 0.3) is 0 Å². The maximum Gasteiger partial charge on any atom is 0.185 e. The van der Waals surface area contributed by atoms with E-state index in [4.69, 9.17) is 4.98 Å². The molecule has 2 aliphatic rings. The van der Waals surface area contributed by atoms with Gasteiger partial charge in [-0.1, -0.05) is 0 Å². The molecule has 3 rings (SSSR count). The smallest absolute Gasteiger partial charge is 0.185 e. The van der Waals surface area contributed by atoms with Crippen LogP contribution in [0.25, 0.3) is 0 Å². The van der Waals surface area contributed by atoms with E-state index in [0.29, 0.717) is 18.1 Å². The molecule has 0 amide bonds. The minimum atomic E-state index is 0.464. The van der Waals surface area contributed by atoms with Gasteiger partial charge in [-0.15, -0.1) is 11.3 Å². The van der Waals surface area contributed by atoms with Gasteiger partial charge in [-0.2, -0.15) is 0 Å². The Morgan fingerprint density at radius 2 is 1.95 bits per heavy atom. The summed E-state index contributed by atoms with van der Waals surface area (Å²) in [7, 11) is 4.29. The largest absolute Gasteiger partial charge is 0.345 e. The zero-order chi connectivity index (χ0) is 14.3. The number of fused-ring (bicyclic) bond motifs is 1. The molecule has 1 aliphatic heterocycles. The molecule has 0 radical (unpaired) electrons. The maximum atomic E-state index is 4.98. The van der Waals surface area contributed by atoms with E-state index in [2.05, 4.69) is 43.1 Å². The lowest BCUT2D eigenvalue weighted by molar-refractivity contribution is 0.170. The Morgan fingerprint density at radius 3 is 2.60 bits per heavy atom. The fraction of sp³-hybridized carbons (Fsp3) is 0.800. The number of hydrogen-bond acceptors (Lipinski definition) is 5. The lowest BCUT2D eigenvalue weighted by atomic mass is 9.98. The van der Waals surface area contributed by atoms with Crippen LogP contribution in [-0.2, 0) is 6.42 Å². The van der Waals surface area contributed by atoms with E-state index >= 15 is 0 Å². The van der Waals surface area contributed by atoms with Crippen molar-refractivity contribution in [2.24, 2.45) is 0 Å². The highest BCUT2D eigenvalue weighted by Gasteiger charge is 2.30. The number of aryl methyl sites for hydroxylation is 1. The summed E-state index contributed by atoms with van der Waals surface area (Å²) in [4.78, 5) is 11.5. The summed E-state index contributed by atoms with van der Waals surface area (Å²) in [5, 5.41) is 4.66. The first kappa shape index (κ1) is 14.3. The zero-order valence-electron chi connectivity index (χ0n) is 13.0. The maximum absolute atomic E-state index is 4.98. The molecule has 1 aromatic heterocycles. The lowest BCUT2D eigenvalue weighted by Crippen LogP contribution is -2.55. The SMILES string of the molecule is CNC1CCCc2sc(N3CC(C)N(C)C(C)C3)nc21. The van der Waals surface area contributed by atoms with Crippen molar-refractivity contribution in [2.75, 3.05) is 32.1 Å². The van der Waals surface area contributed by atoms with Crippen LogP contribution >= 0.6 is 11.3 Å². The number of nitrogens with zero attached hydrogens (tertiary/aromatic N) is 3. The number of aromatic nitrogens is 1. The van der Waals surface area contributed by atoms with E-state index in [1.54, 1.807) is 0 Å². The zero-order valence-corrected chi connectivity index (χ0v) is 13.8. The van der Waals surface area contributed by atoms with Crippen LogP contribution in [0.4, 0.5) is 5.13 Å². The van der Waals surface area contributed by atoms with Gasteiger partial charge in [0.1, 0.15) is 0 Å². The van der Waals surface area contributed by atoms with Crippen molar-refractivity contribution >= 4 is 16.5 Å². The Balaban J connectivity index is 1.83. The van der Waals surface area contributed by atoms with Gasteiger partial charge >= 0.3 is 0 Å². The number of hydrogen-bond donors (Lipinski definition) is 1. The van der Waals surface area contributed by atoms with Gasteiger partial charge in [-0.3, -0.25) is 4.90 Å². The molecular formula is C15H26N4S. The summed E-state index contributed by atoms with van der Waals surface area (Å²) in [6.07, 6.45) is 3.72. The second kappa shape index (κ2) is 5.62. The third-order valence-electron chi connectivity index (χ3n) is 4.92. The van der Waals surface area contributed by atoms with E-state index in [0.717, 1.165) is 13.1 Å². The molecule has 1 saturated heterocycles. The summed E-state index contributed by atoms with van der Waals surface area (Å²) in [6, 6.07) is 1.66. The predicted molar refractivity (Wildman–Crippen MR) is 85.8 cm³/mol. The minimum absolute atomic E-state index is 0.464. The molecule has 0 spiro atoms. The van der Waals surface area contributed by atoms with Crippen molar-refractivity contribution < 1.29 is 0 Å². The van der Waals surface area contributed by atoms with Crippen LogP contribution in [0.1, 0.15) is 43.3 Å². The Hall–Kier alpha value is -0.650. The van der Waals surface area contributed by atoms with E-state index in [-0.39, 0.29) is 0 Å². The molecule has 1 fully saturated rings. The molecule has 1 aromatic rings. The van der Waals surface area contributed by atoms with Crippen LogP contribution in [0.3, 0.4) is 0 Å². The molecule has 1 aliphatic carbocycles. The van der Waals surface area contributed by atoms with Crippen LogP contribution < -0.4 is 10.2 Å². The average Bonchev–Trinajstić information content (AvgIpc) is 2.88. The second-order valence-electron chi connectivity index (χ2n) is 6.31. The van der Waals surface area contributed by atoms with Gasteiger partial charge in [0.15, 0.2) is 5.13 Å². The molecule has 3 unspecified atom stereocenters. The first-order chi connectivity index (χ1) is 9.60. The first-order valence-electron chi connectivity index (χ1n) is 7.74. The van der Waals surface area contributed by atoms with Crippen molar-refractivity contribution in [3.8, 4) is 0 Å². The summed E-state index contributed by atoms with van der Waals surface area (Å²) in [5.74, 6) is 0. The van der Waals surface area contributed by atoms with E-state index in [1.165, 1.54) is 35.0 Å². The standard InChI is InChI=1S/C15H26N4S/c1-10-8-19(9-11(2)18(10)4)15-17-14-12(16-3)6-5-7-13(14)20-15/h10-12,16H,5-9H2,1-4H3. The number of piperazine rings is 1. The Kier molecular flexibility index (Phi) is 4.02. The second-order valence-corrected chi connectivity index (χ2v) is 7.37. The van der Waals surface area contributed by atoms with Crippen LogP contribution in [0, 0.1) is 0 Å². The quantitative estimate of drug-likeness (QED) is 0.907. The number of likely N-dealkylation sites (N-methyl/N-ethyl adjacent to an activating group) is 1. The molecule has 5 heteroatoms. The predicted octanol–water partition coefficient (Wildman–Crippen LogP) is 2.27. The van der Waals surface area contributed by atoms with Crippen molar-refractivity contribution in [1.29, 1.82) is 0 Å². The van der Waals surface area contributed by atoms with Gasteiger partial charge in [0.2, 0.25) is 0 Å². The Bertz CT molecular complexity index is 460. The van der Waals surface area contributed by atoms with Gasteiger partial charge in [-0.25, -0.2) is 4.98 Å². The van der Waals surface area contributed by atoms with Gasteiger partial charge in [-0.05, 0) is 47.2 Å². The summed E-state index contributed by atoms with van der Waals surface area (Å²) < 4.78 is 0. The van der Waals surface area contributed by atoms with Crippen LogP contribution in [0.15, 0.2) is 0 Å². The number of nitrogens with one attached hydrogen (secondary N) is 1. The van der Waals surface area contributed by atoms with Crippen molar-refractivity contribution in [3.63, 3.8) is 0 Å². The fourth-order valence-corrected chi connectivity index (χ4v) is 4.56. The van der Waals surface area contributed by atoms with Gasteiger partial charge in [0.05, 0.1) is 11.7 Å². The van der Waals surface area contributed by atoms with Gasteiger partial charge in [0, 0.05) is 30.1 Å². The summed E-state index contributed by atoms with van der Waals surface area (Å²) >= 11 is 1.92. The number of thiazole rings is 1. The molecule has 112 valence electrons. The molecule has 0 saturated carbocycles. The molecule has 4 nitrogen and oxygen atoms in total. The molecule has 0 bridgehead atoms. The topological polar surface area (TPSA) is 31.4 Å². The molecule has 2 heterocycles. The van der Waals surface area contributed by atoms with Crippen LogP contribution in [0.2, 0.25) is 0 Å². The highest BCUT2D eigenvalue weighted by atomic mass is 32.1. The highest BCUT2D eigenvalue weighted by Crippen LogP contribution is 2.37. The van der Waals surface area contributed by atoms with E-state index in [9.17, 15) is 0 Å². The average molecular weight is 294 g/mol. The van der Waals surface area contributed by atoms with Crippen molar-refractivity contribution in [2.45, 2.75) is 51.2 Å². The highest BCUT2D eigenvalue weighted by molar-refractivity contribution is 7.15. The third-order valence-corrected chi connectivity index (χ3v) is 6.11. The fourth-order valence-electron chi connectivity index (χ4n) is 3.38. The van der Waals surface area contributed by atoms with Crippen molar-refractivity contribution in [3.05, 3.63) is 10.6 Å². The van der Waals surface area contributed by atoms with Crippen molar-refractivity contribution in [1.82, 2.24) is 15.2 Å². The van der Waals surface area contributed by atoms with Crippen LogP contribution in [0.5, 0.6) is 0 Å². The normalized spacial score (nSPS) is 31.4. The lowest BCUT2D eigenvalue weighted by Gasteiger charge is -2.42. The monoisotopic (exact) mass is 294 g/mol.